The zero-order valence-electron chi connectivity index (χ0n) is 10.5. The summed E-state index contributed by atoms with van der Waals surface area (Å²) in [7, 11) is 0. The lowest BCUT2D eigenvalue weighted by Crippen LogP contribution is -2.20. The third kappa shape index (κ3) is 2.17. The van der Waals surface area contributed by atoms with E-state index in [1.807, 2.05) is 12.1 Å². The van der Waals surface area contributed by atoms with Gasteiger partial charge in [-0.25, -0.2) is 0 Å². The van der Waals surface area contributed by atoms with E-state index in [0.29, 0.717) is 6.04 Å². The van der Waals surface area contributed by atoms with Gasteiger partial charge in [-0.05, 0) is 49.4 Å². The van der Waals surface area contributed by atoms with Crippen LogP contribution in [0.3, 0.4) is 0 Å². The Morgan fingerprint density at radius 1 is 1.39 bits per heavy atom. The second kappa shape index (κ2) is 4.77. The van der Waals surface area contributed by atoms with Gasteiger partial charge < -0.3 is 5.32 Å². The van der Waals surface area contributed by atoms with Crippen LogP contribution in [0.2, 0.25) is 5.02 Å². The van der Waals surface area contributed by atoms with Crippen molar-refractivity contribution < 1.29 is 0 Å². The first-order valence-electron chi connectivity index (χ1n) is 6.59. The minimum Gasteiger partial charge on any atom is -0.381 e. The average molecular weight is 261 g/mol. The molecule has 1 heterocycles. The van der Waals surface area contributed by atoms with Gasteiger partial charge in [0.1, 0.15) is 0 Å². The fourth-order valence-corrected chi connectivity index (χ4v) is 2.73. The summed E-state index contributed by atoms with van der Waals surface area (Å²) in [6, 6.07) is 8.61. The fraction of sp³-hybridized carbons (Fsp3) is 0.400. The highest BCUT2D eigenvalue weighted by molar-refractivity contribution is 6.35. The molecule has 2 aromatic rings. The topological polar surface area (TPSA) is 24.9 Å². The van der Waals surface area contributed by atoms with Gasteiger partial charge in [-0.15, -0.1) is 0 Å². The van der Waals surface area contributed by atoms with Gasteiger partial charge in [-0.2, -0.15) is 0 Å². The van der Waals surface area contributed by atoms with Crippen molar-refractivity contribution in [2.75, 3.05) is 5.32 Å². The van der Waals surface area contributed by atoms with Gasteiger partial charge in [0.05, 0.1) is 10.5 Å². The van der Waals surface area contributed by atoms with Gasteiger partial charge in [0.15, 0.2) is 0 Å². The van der Waals surface area contributed by atoms with Crippen molar-refractivity contribution in [3.8, 4) is 0 Å². The summed E-state index contributed by atoms with van der Waals surface area (Å²) in [6.45, 7) is 2.24. The number of benzene rings is 1. The maximum absolute atomic E-state index is 6.18. The van der Waals surface area contributed by atoms with Gasteiger partial charge in [0, 0.05) is 23.3 Å². The van der Waals surface area contributed by atoms with Crippen molar-refractivity contribution >= 4 is 28.2 Å². The van der Waals surface area contributed by atoms with E-state index in [4.69, 9.17) is 11.6 Å². The molecule has 1 N–H and O–H groups in total. The highest BCUT2D eigenvalue weighted by Gasteiger charge is 2.30. The largest absolute Gasteiger partial charge is 0.381 e. The van der Waals surface area contributed by atoms with Crippen molar-refractivity contribution in [2.45, 2.75) is 32.2 Å². The lowest BCUT2D eigenvalue weighted by molar-refractivity contribution is 0.617. The summed E-state index contributed by atoms with van der Waals surface area (Å²) in [6.07, 6.45) is 5.66. The lowest BCUT2D eigenvalue weighted by atomic mass is 10.1. The van der Waals surface area contributed by atoms with Crippen LogP contribution in [0, 0.1) is 5.92 Å². The number of hydrogen-bond donors (Lipinski definition) is 1. The Balaban J connectivity index is 1.98. The number of hydrogen-bond acceptors (Lipinski definition) is 2. The van der Waals surface area contributed by atoms with Crippen molar-refractivity contribution in [2.24, 2.45) is 5.92 Å². The summed E-state index contributed by atoms with van der Waals surface area (Å²) in [5.41, 5.74) is 2.04. The zero-order valence-corrected chi connectivity index (χ0v) is 11.2. The first kappa shape index (κ1) is 11.8. The second-order valence-corrected chi connectivity index (χ2v) is 5.40. The fourth-order valence-electron chi connectivity index (χ4n) is 2.52. The first-order chi connectivity index (χ1) is 8.79. The molecule has 3 heteroatoms. The summed E-state index contributed by atoms with van der Waals surface area (Å²) >= 11 is 6.18. The predicted octanol–water partition coefficient (Wildman–Crippen LogP) is 4.49. The number of nitrogens with one attached hydrogen (secondary N) is 1. The number of rotatable bonds is 4. The van der Waals surface area contributed by atoms with E-state index in [1.165, 1.54) is 12.8 Å². The monoisotopic (exact) mass is 260 g/mol. The van der Waals surface area contributed by atoms with E-state index < -0.39 is 0 Å². The maximum Gasteiger partial charge on any atom is 0.0908 e. The van der Waals surface area contributed by atoms with E-state index in [-0.39, 0.29) is 0 Å². The van der Waals surface area contributed by atoms with Crippen molar-refractivity contribution in [3.63, 3.8) is 0 Å². The van der Waals surface area contributed by atoms with Crippen LogP contribution in [0.5, 0.6) is 0 Å². The summed E-state index contributed by atoms with van der Waals surface area (Å²) < 4.78 is 0. The number of pyridine rings is 1. The molecule has 94 valence electrons. The standard InChI is InChI=1S/C15H17ClN2/c1-2-13(10-5-6-10)18-14-8-7-12(16)15-11(14)4-3-9-17-15/h3-4,7-10,13,18H,2,5-6H2,1H3. The van der Waals surface area contributed by atoms with E-state index >= 15 is 0 Å². The molecule has 1 fully saturated rings. The molecular formula is C15H17ClN2. The minimum absolute atomic E-state index is 0.578. The number of halogens is 1. The van der Waals surface area contributed by atoms with Crippen LogP contribution in [-0.4, -0.2) is 11.0 Å². The van der Waals surface area contributed by atoms with Crippen molar-refractivity contribution in [1.82, 2.24) is 4.98 Å². The molecule has 0 spiro atoms. The smallest absolute Gasteiger partial charge is 0.0908 e. The third-order valence-corrected chi connectivity index (χ3v) is 4.00. The minimum atomic E-state index is 0.578. The molecule has 0 radical (unpaired) electrons. The van der Waals surface area contributed by atoms with Crippen LogP contribution >= 0.6 is 11.6 Å². The molecule has 0 aliphatic heterocycles. The van der Waals surface area contributed by atoms with Gasteiger partial charge in [-0.3, -0.25) is 4.98 Å². The zero-order chi connectivity index (χ0) is 12.5. The number of nitrogens with zero attached hydrogens (tertiary/aromatic N) is 1. The lowest BCUT2D eigenvalue weighted by Gasteiger charge is -2.19. The average Bonchev–Trinajstić information content (AvgIpc) is 3.23. The molecule has 1 atom stereocenters. The molecule has 0 amide bonds. The van der Waals surface area contributed by atoms with Gasteiger partial charge in [0.2, 0.25) is 0 Å². The Morgan fingerprint density at radius 3 is 2.94 bits per heavy atom. The Morgan fingerprint density at radius 2 is 2.22 bits per heavy atom. The molecule has 18 heavy (non-hydrogen) atoms. The van der Waals surface area contributed by atoms with Crippen LogP contribution in [0.15, 0.2) is 30.5 Å². The summed E-state index contributed by atoms with van der Waals surface area (Å²) in [4.78, 5) is 4.36. The van der Waals surface area contributed by atoms with Gasteiger partial charge >= 0.3 is 0 Å². The SMILES string of the molecule is CCC(Nc1ccc(Cl)c2ncccc12)C1CC1. The van der Waals surface area contributed by atoms with E-state index in [9.17, 15) is 0 Å². The number of aromatic nitrogens is 1. The molecular weight excluding hydrogens is 244 g/mol. The molecule has 1 unspecified atom stereocenters. The Hall–Kier alpha value is -1.28. The van der Waals surface area contributed by atoms with Crippen LogP contribution in [0.4, 0.5) is 5.69 Å². The van der Waals surface area contributed by atoms with Crippen molar-refractivity contribution in [1.29, 1.82) is 0 Å². The Bertz CT molecular complexity index is 563. The molecule has 0 saturated heterocycles. The number of anilines is 1. The van der Waals surface area contributed by atoms with Crippen LogP contribution in [0.1, 0.15) is 26.2 Å². The maximum atomic E-state index is 6.18. The Labute approximate surface area is 112 Å². The normalized spacial score (nSPS) is 16.8. The van der Waals surface area contributed by atoms with Crippen molar-refractivity contribution in [3.05, 3.63) is 35.5 Å². The van der Waals surface area contributed by atoms with E-state index in [1.54, 1.807) is 6.20 Å². The molecule has 2 nitrogen and oxygen atoms in total. The first-order valence-corrected chi connectivity index (χ1v) is 6.97. The van der Waals surface area contributed by atoms with E-state index in [2.05, 4.69) is 29.4 Å². The molecule has 1 saturated carbocycles. The second-order valence-electron chi connectivity index (χ2n) is 4.99. The molecule has 1 aliphatic carbocycles. The van der Waals surface area contributed by atoms with Gasteiger partial charge in [-0.1, -0.05) is 18.5 Å². The predicted molar refractivity (Wildman–Crippen MR) is 77.2 cm³/mol. The van der Waals surface area contributed by atoms with Crippen LogP contribution in [-0.2, 0) is 0 Å². The highest BCUT2D eigenvalue weighted by atomic mass is 35.5. The molecule has 1 aromatic carbocycles. The van der Waals surface area contributed by atoms with Gasteiger partial charge in [0.25, 0.3) is 0 Å². The van der Waals surface area contributed by atoms with E-state index in [0.717, 1.165) is 34.0 Å². The van der Waals surface area contributed by atoms with Crippen LogP contribution in [0.25, 0.3) is 10.9 Å². The van der Waals surface area contributed by atoms with Crippen LogP contribution < -0.4 is 5.32 Å². The molecule has 3 rings (SSSR count). The molecule has 1 aliphatic rings. The Kier molecular flexibility index (Phi) is 3.13. The third-order valence-electron chi connectivity index (χ3n) is 3.69. The quantitative estimate of drug-likeness (QED) is 0.876. The summed E-state index contributed by atoms with van der Waals surface area (Å²) in [5, 5.41) is 5.50. The molecule has 0 bridgehead atoms. The molecule has 1 aromatic heterocycles. The highest BCUT2D eigenvalue weighted by Crippen LogP contribution is 2.37. The summed E-state index contributed by atoms with van der Waals surface area (Å²) in [5.74, 6) is 0.845. The number of fused-ring (bicyclic) bond motifs is 1.